The highest BCUT2D eigenvalue weighted by atomic mass is 16.2. The molecule has 110 valence electrons. The summed E-state index contributed by atoms with van der Waals surface area (Å²) in [5, 5.41) is 2.92. The van der Waals surface area contributed by atoms with Crippen molar-refractivity contribution in [3.05, 3.63) is 0 Å². The van der Waals surface area contributed by atoms with Crippen LogP contribution in [-0.2, 0) is 4.79 Å². The zero-order chi connectivity index (χ0) is 14.2. The minimum absolute atomic E-state index is 0.189. The van der Waals surface area contributed by atoms with Gasteiger partial charge in [0.05, 0.1) is 6.54 Å². The van der Waals surface area contributed by atoms with Gasteiger partial charge in [0.25, 0.3) is 0 Å². The number of carbonyl (C=O) groups excluding carboxylic acids is 1. The lowest BCUT2D eigenvalue weighted by Crippen LogP contribution is -2.37. The Morgan fingerprint density at radius 3 is 1.94 bits per heavy atom. The summed E-state index contributed by atoms with van der Waals surface area (Å²) in [6, 6.07) is 0. The molecule has 1 saturated heterocycles. The molecule has 0 atom stereocenters. The fourth-order valence-electron chi connectivity index (χ4n) is 1.82. The Labute approximate surface area is 114 Å². The molecule has 3 nitrogen and oxygen atoms in total. The second-order valence-electron chi connectivity index (χ2n) is 4.04. The molecule has 0 aromatic rings. The van der Waals surface area contributed by atoms with Crippen LogP contribution in [0.5, 0.6) is 0 Å². The van der Waals surface area contributed by atoms with Gasteiger partial charge in [0.2, 0.25) is 5.91 Å². The van der Waals surface area contributed by atoms with Gasteiger partial charge in [-0.15, -0.1) is 0 Å². The summed E-state index contributed by atoms with van der Waals surface area (Å²) in [5.41, 5.74) is 0. The van der Waals surface area contributed by atoms with Gasteiger partial charge in [-0.1, -0.05) is 47.5 Å². The van der Waals surface area contributed by atoms with E-state index in [0.717, 1.165) is 26.1 Å². The van der Waals surface area contributed by atoms with E-state index in [1.807, 2.05) is 27.7 Å². The van der Waals surface area contributed by atoms with Crippen LogP contribution in [0.4, 0.5) is 0 Å². The molecule has 1 fully saturated rings. The van der Waals surface area contributed by atoms with Crippen LogP contribution >= 0.6 is 0 Å². The molecule has 0 aromatic heterocycles. The number of hydrogen-bond donors (Lipinski definition) is 1. The number of carbonyl (C=O) groups is 1. The van der Waals surface area contributed by atoms with Crippen molar-refractivity contribution in [2.45, 2.75) is 66.7 Å². The van der Waals surface area contributed by atoms with Crippen molar-refractivity contribution in [3.63, 3.8) is 0 Å². The number of amides is 1. The molecular formula is C15H34N2O. The normalized spacial score (nSPS) is 15.4. The van der Waals surface area contributed by atoms with Crippen LogP contribution in [0.3, 0.4) is 0 Å². The molecule has 1 rings (SSSR count). The first-order valence-electron chi connectivity index (χ1n) is 7.82. The van der Waals surface area contributed by atoms with Gasteiger partial charge in [-0.2, -0.15) is 0 Å². The predicted molar refractivity (Wildman–Crippen MR) is 80.9 cm³/mol. The van der Waals surface area contributed by atoms with E-state index in [9.17, 15) is 4.79 Å². The van der Waals surface area contributed by atoms with Crippen LogP contribution in [0.15, 0.2) is 0 Å². The lowest BCUT2D eigenvalue weighted by Gasteiger charge is -2.18. The summed E-state index contributed by atoms with van der Waals surface area (Å²) in [7, 11) is 0. The lowest BCUT2D eigenvalue weighted by molar-refractivity contribution is -0.122. The van der Waals surface area contributed by atoms with E-state index in [-0.39, 0.29) is 5.91 Å². The molecule has 1 N–H and O–H groups in total. The number of nitrogens with zero attached hydrogens (tertiary/aromatic N) is 1. The third kappa shape index (κ3) is 11.9. The summed E-state index contributed by atoms with van der Waals surface area (Å²) in [6.45, 7) is 13.7. The number of hydrogen-bond acceptors (Lipinski definition) is 2. The zero-order valence-corrected chi connectivity index (χ0v) is 13.2. The first-order valence-corrected chi connectivity index (χ1v) is 7.82. The highest BCUT2D eigenvalue weighted by Gasteiger charge is 2.11. The van der Waals surface area contributed by atoms with E-state index in [2.05, 4.69) is 17.1 Å². The maximum Gasteiger partial charge on any atom is 0.234 e. The van der Waals surface area contributed by atoms with Gasteiger partial charge in [-0.25, -0.2) is 0 Å². The SMILES string of the molecule is CC.CC.CCCNC(=O)CN1CCCCCC1. The van der Waals surface area contributed by atoms with Crippen molar-refractivity contribution in [3.8, 4) is 0 Å². The van der Waals surface area contributed by atoms with Gasteiger partial charge >= 0.3 is 0 Å². The Morgan fingerprint density at radius 2 is 1.50 bits per heavy atom. The van der Waals surface area contributed by atoms with E-state index in [1.165, 1.54) is 25.7 Å². The number of nitrogens with one attached hydrogen (secondary N) is 1. The number of rotatable bonds is 4. The maximum absolute atomic E-state index is 11.4. The Bertz CT molecular complexity index is 164. The average Bonchev–Trinajstić information content (AvgIpc) is 2.69. The van der Waals surface area contributed by atoms with Crippen molar-refractivity contribution in [1.82, 2.24) is 10.2 Å². The fraction of sp³-hybridized carbons (Fsp3) is 0.933. The summed E-state index contributed by atoms with van der Waals surface area (Å²) < 4.78 is 0. The Kier molecular flexibility index (Phi) is 18.0. The van der Waals surface area contributed by atoms with E-state index >= 15 is 0 Å². The van der Waals surface area contributed by atoms with Gasteiger partial charge in [-0.3, -0.25) is 9.69 Å². The van der Waals surface area contributed by atoms with E-state index in [0.29, 0.717) is 6.54 Å². The van der Waals surface area contributed by atoms with Crippen molar-refractivity contribution < 1.29 is 4.79 Å². The molecule has 0 spiro atoms. The Hall–Kier alpha value is -0.570. The monoisotopic (exact) mass is 258 g/mol. The topological polar surface area (TPSA) is 32.3 Å². The van der Waals surface area contributed by atoms with Crippen LogP contribution in [-0.4, -0.2) is 37.0 Å². The quantitative estimate of drug-likeness (QED) is 0.838. The van der Waals surface area contributed by atoms with Crippen molar-refractivity contribution in [2.75, 3.05) is 26.2 Å². The number of likely N-dealkylation sites (tertiary alicyclic amines) is 1. The first-order chi connectivity index (χ1) is 8.83. The van der Waals surface area contributed by atoms with Crippen LogP contribution in [0.1, 0.15) is 66.7 Å². The summed E-state index contributed by atoms with van der Waals surface area (Å²) in [5.74, 6) is 0.189. The third-order valence-corrected chi connectivity index (χ3v) is 2.64. The van der Waals surface area contributed by atoms with E-state index in [4.69, 9.17) is 0 Å². The minimum Gasteiger partial charge on any atom is -0.355 e. The van der Waals surface area contributed by atoms with Gasteiger partial charge in [-0.05, 0) is 32.4 Å². The van der Waals surface area contributed by atoms with Crippen molar-refractivity contribution in [2.24, 2.45) is 0 Å². The highest BCUT2D eigenvalue weighted by Crippen LogP contribution is 2.08. The minimum atomic E-state index is 0.189. The summed E-state index contributed by atoms with van der Waals surface area (Å²) in [6.07, 6.45) is 6.17. The third-order valence-electron chi connectivity index (χ3n) is 2.64. The molecule has 3 heteroatoms. The smallest absolute Gasteiger partial charge is 0.234 e. The van der Waals surface area contributed by atoms with Gasteiger partial charge in [0, 0.05) is 6.54 Å². The highest BCUT2D eigenvalue weighted by molar-refractivity contribution is 5.77. The predicted octanol–water partition coefficient (Wildman–Crippen LogP) is 3.44. The molecule has 0 bridgehead atoms. The molecule has 18 heavy (non-hydrogen) atoms. The molecule has 1 heterocycles. The lowest BCUT2D eigenvalue weighted by atomic mass is 10.2. The zero-order valence-electron chi connectivity index (χ0n) is 13.2. The van der Waals surface area contributed by atoms with Gasteiger partial charge in [0.1, 0.15) is 0 Å². The average molecular weight is 258 g/mol. The standard InChI is InChI=1S/C11H22N2O.2C2H6/c1-2-7-12-11(14)10-13-8-5-3-4-6-9-13;2*1-2/h2-10H2,1H3,(H,12,14);2*1-2H3. The second kappa shape index (κ2) is 16.4. The molecule has 1 aliphatic rings. The van der Waals surface area contributed by atoms with Crippen LogP contribution in [0.25, 0.3) is 0 Å². The van der Waals surface area contributed by atoms with Crippen LogP contribution in [0.2, 0.25) is 0 Å². The van der Waals surface area contributed by atoms with Gasteiger partial charge in [0.15, 0.2) is 0 Å². The molecule has 0 unspecified atom stereocenters. The molecule has 0 aliphatic carbocycles. The fourth-order valence-corrected chi connectivity index (χ4v) is 1.82. The molecule has 0 saturated carbocycles. The summed E-state index contributed by atoms with van der Waals surface area (Å²) in [4.78, 5) is 13.7. The largest absolute Gasteiger partial charge is 0.355 e. The first kappa shape index (κ1) is 19.8. The maximum atomic E-state index is 11.4. The van der Waals surface area contributed by atoms with E-state index in [1.54, 1.807) is 0 Å². The Morgan fingerprint density at radius 1 is 1.00 bits per heavy atom. The van der Waals surface area contributed by atoms with Crippen LogP contribution in [0, 0.1) is 0 Å². The van der Waals surface area contributed by atoms with Gasteiger partial charge < -0.3 is 5.32 Å². The molecule has 1 amide bonds. The molecule has 1 aliphatic heterocycles. The molecule has 0 aromatic carbocycles. The van der Waals surface area contributed by atoms with Crippen molar-refractivity contribution in [1.29, 1.82) is 0 Å². The molecular weight excluding hydrogens is 224 g/mol. The van der Waals surface area contributed by atoms with Crippen LogP contribution < -0.4 is 5.32 Å². The van der Waals surface area contributed by atoms with Crippen molar-refractivity contribution >= 4 is 5.91 Å². The van der Waals surface area contributed by atoms with E-state index < -0.39 is 0 Å². The second-order valence-corrected chi connectivity index (χ2v) is 4.04. The molecule has 0 radical (unpaired) electrons. The Balaban J connectivity index is 0. The summed E-state index contributed by atoms with van der Waals surface area (Å²) >= 11 is 0.